The fourth-order valence-electron chi connectivity index (χ4n) is 2.07. The summed E-state index contributed by atoms with van der Waals surface area (Å²) in [5.41, 5.74) is 2.57. The van der Waals surface area contributed by atoms with Crippen LogP contribution in [-0.2, 0) is 0 Å². The molecule has 0 bridgehead atoms. The highest BCUT2D eigenvalue weighted by atomic mass is 16.5. The third-order valence-electron chi connectivity index (χ3n) is 3.25. The van der Waals surface area contributed by atoms with Crippen LogP contribution >= 0.6 is 0 Å². The molecule has 0 atom stereocenters. The van der Waals surface area contributed by atoms with Gasteiger partial charge in [-0.25, -0.2) is 0 Å². The zero-order chi connectivity index (χ0) is 15.2. The monoisotopic (exact) mass is 282 g/mol. The topological polar surface area (TPSA) is 35.5 Å². The molecule has 0 aliphatic heterocycles. The van der Waals surface area contributed by atoms with E-state index in [1.54, 1.807) is 26.4 Å². The number of methoxy groups -OCH3 is 2. The lowest BCUT2D eigenvalue weighted by molar-refractivity contribution is 0.104. The standard InChI is InChI=1S/C18H18O3/c1-13-6-4-5-7-15(13)16(19)10-8-14-9-11-17(20-2)18(12-14)21-3/h4-12H,1-3H3. The lowest BCUT2D eigenvalue weighted by atomic mass is 10.0. The van der Waals surface area contributed by atoms with Crippen LogP contribution in [0.4, 0.5) is 0 Å². The van der Waals surface area contributed by atoms with Crippen molar-refractivity contribution < 1.29 is 14.3 Å². The summed E-state index contributed by atoms with van der Waals surface area (Å²) in [5, 5.41) is 0. The minimum atomic E-state index is -0.0112. The summed E-state index contributed by atoms with van der Waals surface area (Å²) in [7, 11) is 3.18. The maximum Gasteiger partial charge on any atom is 0.186 e. The van der Waals surface area contributed by atoms with E-state index in [1.165, 1.54) is 0 Å². The number of rotatable bonds is 5. The molecule has 0 aliphatic rings. The fraction of sp³-hybridized carbons (Fsp3) is 0.167. The number of benzene rings is 2. The molecule has 21 heavy (non-hydrogen) atoms. The molecule has 0 aromatic heterocycles. The molecule has 2 aromatic rings. The Hall–Kier alpha value is -2.55. The van der Waals surface area contributed by atoms with Gasteiger partial charge in [0.2, 0.25) is 0 Å². The molecule has 0 heterocycles. The second-order valence-electron chi connectivity index (χ2n) is 4.63. The Morgan fingerprint density at radius 1 is 1.00 bits per heavy atom. The van der Waals surface area contributed by atoms with Crippen LogP contribution in [0.5, 0.6) is 11.5 Å². The zero-order valence-electron chi connectivity index (χ0n) is 12.4. The lowest BCUT2D eigenvalue weighted by Crippen LogP contribution is -1.97. The summed E-state index contributed by atoms with van der Waals surface area (Å²) in [6.07, 6.45) is 3.35. The van der Waals surface area contributed by atoms with Crippen LogP contribution in [0.1, 0.15) is 21.5 Å². The van der Waals surface area contributed by atoms with Crippen LogP contribution in [0.3, 0.4) is 0 Å². The smallest absolute Gasteiger partial charge is 0.186 e. The maximum atomic E-state index is 12.2. The predicted molar refractivity (Wildman–Crippen MR) is 84.1 cm³/mol. The van der Waals surface area contributed by atoms with Crippen LogP contribution in [-0.4, -0.2) is 20.0 Å². The van der Waals surface area contributed by atoms with Crippen molar-refractivity contribution in [2.45, 2.75) is 6.92 Å². The SMILES string of the molecule is COc1ccc(C=CC(=O)c2ccccc2C)cc1OC. The first kappa shape index (κ1) is 14.9. The molecule has 0 unspecified atom stereocenters. The number of ketones is 1. The third kappa shape index (κ3) is 3.51. The Balaban J connectivity index is 2.22. The molecule has 3 nitrogen and oxygen atoms in total. The second kappa shape index (κ2) is 6.75. The number of hydrogen-bond donors (Lipinski definition) is 0. The second-order valence-corrected chi connectivity index (χ2v) is 4.63. The molecule has 0 fully saturated rings. The van der Waals surface area contributed by atoms with Gasteiger partial charge >= 0.3 is 0 Å². The molecular formula is C18H18O3. The van der Waals surface area contributed by atoms with E-state index in [2.05, 4.69) is 0 Å². The van der Waals surface area contributed by atoms with Gasteiger partial charge in [0.15, 0.2) is 17.3 Å². The fourth-order valence-corrected chi connectivity index (χ4v) is 2.07. The quantitative estimate of drug-likeness (QED) is 0.616. The van der Waals surface area contributed by atoms with Crippen LogP contribution in [0.25, 0.3) is 6.08 Å². The summed E-state index contributed by atoms with van der Waals surface area (Å²) >= 11 is 0. The zero-order valence-corrected chi connectivity index (χ0v) is 12.4. The first-order valence-electron chi connectivity index (χ1n) is 6.65. The molecule has 0 N–H and O–H groups in total. The highest BCUT2D eigenvalue weighted by molar-refractivity contribution is 6.07. The van der Waals surface area contributed by atoms with Crippen molar-refractivity contribution >= 4 is 11.9 Å². The van der Waals surface area contributed by atoms with Crippen molar-refractivity contribution in [2.24, 2.45) is 0 Å². The van der Waals surface area contributed by atoms with E-state index < -0.39 is 0 Å². The van der Waals surface area contributed by atoms with Gasteiger partial charge in [0.05, 0.1) is 14.2 Å². The summed E-state index contributed by atoms with van der Waals surface area (Å²) < 4.78 is 10.4. The Kier molecular flexibility index (Phi) is 4.77. The summed E-state index contributed by atoms with van der Waals surface area (Å²) in [5.74, 6) is 1.30. The average Bonchev–Trinajstić information content (AvgIpc) is 2.52. The van der Waals surface area contributed by atoms with Crippen molar-refractivity contribution in [2.75, 3.05) is 14.2 Å². The highest BCUT2D eigenvalue weighted by Gasteiger charge is 2.05. The highest BCUT2D eigenvalue weighted by Crippen LogP contribution is 2.28. The Morgan fingerprint density at radius 3 is 2.38 bits per heavy atom. The Bertz CT molecular complexity index is 672. The molecule has 0 saturated carbocycles. The normalized spacial score (nSPS) is 10.6. The molecule has 3 heteroatoms. The number of carbonyl (C=O) groups is 1. The molecule has 0 radical (unpaired) electrons. The van der Waals surface area contributed by atoms with Crippen molar-refractivity contribution in [3.05, 3.63) is 65.2 Å². The maximum absolute atomic E-state index is 12.2. The van der Waals surface area contributed by atoms with E-state index in [1.807, 2.05) is 49.4 Å². The van der Waals surface area contributed by atoms with E-state index in [0.717, 1.165) is 11.1 Å². The Morgan fingerprint density at radius 2 is 1.71 bits per heavy atom. The number of hydrogen-bond acceptors (Lipinski definition) is 3. The van der Waals surface area contributed by atoms with Crippen LogP contribution in [0.2, 0.25) is 0 Å². The molecule has 2 aromatic carbocycles. The number of carbonyl (C=O) groups excluding carboxylic acids is 1. The Labute approximate surface area is 124 Å². The lowest BCUT2D eigenvalue weighted by Gasteiger charge is -2.07. The van der Waals surface area contributed by atoms with Crippen LogP contribution in [0.15, 0.2) is 48.5 Å². The number of ether oxygens (including phenoxy) is 2. The summed E-state index contributed by atoms with van der Waals surface area (Å²) in [6, 6.07) is 13.1. The van der Waals surface area contributed by atoms with Gasteiger partial charge < -0.3 is 9.47 Å². The molecule has 0 amide bonds. The van der Waals surface area contributed by atoms with Crippen molar-refractivity contribution in [3.8, 4) is 11.5 Å². The van der Waals surface area contributed by atoms with Crippen molar-refractivity contribution in [1.29, 1.82) is 0 Å². The van der Waals surface area contributed by atoms with Gasteiger partial charge in [0, 0.05) is 5.56 Å². The first-order valence-corrected chi connectivity index (χ1v) is 6.65. The average molecular weight is 282 g/mol. The number of aryl methyl sites for hydroxylation is 1. The van der Waals surface area contributed by atoms with E-state index in [9.17, 15) is 4.79 Å². The van der Waals surface area contributed by atoms with Gasteiger partial charge in [0.1, 0.15) is 0 Å². The van der Waals surface area contributed by atoms with Gasteiger partial charge in [-0.15, -0.1) is 0 Å². The molecule has 108 valence electrons. The molecular weight excluding hydrogens is 264 g/mol. The van der Waals surface area contributed by atoms with Crippen molar-refractivity contribution in [3.63, 3.8) is 0 Å². The summed E-state index contributed by atoms with van der Waals surface area (Å²) in [4.78, 5) is 12.2. The van der Waals surface area contributed by atoms with E-state index in [4.69, 9.17) is 9.47 Å². The molecule has 0 saturated heterocycles. The van der Waals surface area contributed by atoms with Crippen LogP contribution < -0.4 is 9.47 Å². The predicted octanol–water partition coefficient (Wildman–Crippen LogP) is 3.91. The van der Waals surface area contributed by atoms with E-state index in [-0.39, 0.29) is 5.78 Å². The van der Waals surface area contributed by atoms with Gasteiger partial charge in [-0.2, -0.15) is 0 Å². The third-order valence-corrected chi connectivity index (χ3v) is 3.25. The van der Waals surface area contributed by atoms with Gasteiger partial charge in [-0.3, -0.25) is 4.79 Å². The summed E-state index contributed by atoms with van der Waals surface area (Å²) in [6.45, 7) is 1.93. The van der Waals surface area contributed by atoms with E-state index >= 15 is 0 Å². The van der Waals surface area contributed by atoms with E-state index in [0.29, 0.717) is 17.1 Å². The molecule has 2 rings (SSSR count). The van der Waals surface area contributed by atoms with Gasteiger partial charge in [0.25, 0.3) is 0 Å². The van der Waals surface area contributed by atoms with Gasteiger partial charge in [-0.1, -0.05) is 36.4 Å². The molecule has 0 spiro atoms. The van der Waals surface area contributed by atoms with Crippen molar-refractivity contribution in [1.82, 2.24) is 0 Å². The number of allylic oxidation sites excluding steroid dienone is 1. The first-order chi connectivity index (χ1) is 10.2. The van der Waals surface area contributed by atoms with Crippen LogP contribution in [0, 0.1) is 6.92 Å². The minimum absolute atomic E-state index is 0.0112. The largest absolute Gasteiger partial charge is 0.493 e. The van der Waals surface area contributed by atoms with Gasteiger partial charge in [-0.05, 0) is 36.3 Å². The molecule has 0 aliphatic carbocycles. The minimum Gasteiger partial charge on any atom is -0.493 e.